The van der Waals surface area contributed by atoms with Gasteiger partial charge in [-0.05, 0) is 30.7 Å². The summed E-state index contributed by atoms with van der Waals surface area (Å²) in [5.41, 5.74) is 7.16. The van der Waals surface area contributed by atoms with Gasteiger partial charge < -0.3 is 5.73 Å². The van der Waals surface area contributed by atoms with Gasteiger partial charge in [-0.1, -0.05) is 0 Å². The number of nitrogen functional groups attached to an aromatic ring is 1. The lowest BCUT2D eigenvalue weighted by Crippen LogP contribution is -1.98. The van der Waals surface area contributed by atoms with E-state index in [1.165, 1.54) is 6.20 Å². The van der Waals surface area contributed by atoms with Crippen molar-refractivity contribution in [2.75, 3.05) is 5.73 Å². The van der Waals surface area contributed by atoms with Crippen LogP contribution < -0.4 is 5.73 Å². The van der Waals surface area contributed by atoms with Gasteiger partial charge in [0.1, 0.15) is 0 Å². The van der Waals surface area contributed by atoms with Crippen molar-refractivity contribution in [2.24, 2.45) is 0 Å². The highest BCUT2D eigenvalue weighted by Crippen LogP contribution is 2.28. The first kappa shape index (κ1) is 11.4. The molecular weight excluding hydrogens is 229 g/mol. The molecule has 0 atom stereocenters. The molecule has 0 unspecified atom stereocenters. The third-order valence-corrected chi connectivity index (χ3v) is 2.47. The number of benzene rings is 1. The van der Waals surface area contributed by atoms with E-state index < -0.39 is 17.5 Å². The van der Waals surface area contributed by atoms with E-state index in [0.717, 1.165) is 17.7 Å². The Balaban J connectivity index is 2.65. The van der Waals surface area contributed by atoms with Crippen LogP contribution in [-0.4, -0.2) is 4.98 Å². The van der Waals surface area contributed by atoms with Gasteiger partial charge in [-0.3, -0.25) is 4.98 Å². The van der Waals surface area contributed by atoms with Gasteiger partial charge in [0.05, 0.1) is 11.4 Å². The molecule has 0 aliphatic rings. The van der Waals surface area contributed by atoms with E-state index in [4.69, 9.17) is 5.73 Å². The number of hydrogen-bond donors (Lipinski definition) is 1. The van der Waals surface area contributed by atoms with E-state index in [-0.39, 0.29) is 11.3 Å². The molecule has 5 heteroatoms. The Hall–Kier alpha value is -2.04. The van der Waals surface area contributed by atoms with Crippen LogP contribution >= 0.6 is 0 Å². The quantitative estimate of drug-likeness (QED) is 0.775. The van der Waals surface area contributed by atoms with Gasteiger partial charge in [-0.25, -0.2) is 13.2 Å². The van der Waals surface area contributed by atoms with Crippen molar-refractivity contribution in [3.8, 4) is 11.3 Å². The maximum Gasteiger partial charge on any atom is 0.194 e. The number of anilines is 1. The Morgan fingerprint density at radius 2 is 1.71 bits per heavy atom. The van der Waals surface area contributed by atoms with Gasteiger partial charge in [-0.15, -0.1) is 0 Å². The molecule has 0 saturated carbocycles. The monoisotopic (exact) mass is 238 g/mol. The van der Waals surface area contributed by atoms with Crippen LogP contribution in [0.3, 0.4) is 0 Å². The van der Waals surface area contributed by atoms with Crippen LogP contribution in [0, 0.1) is 24.4 Å². The first-order valence-electron chi connectivity index (χ1n) is 4.86. The van der Waals surface area contributed by atoms with Crippen molar-refractivity contribution in [2.45, 2.75) is 6.92 Å². The Bertz CT molecular complexity index is 559. The van der Waals surface area contributed by atoms with Gasteiger partial charge in [0.25, 0.3) is 0 Å². The van der Waals surface area contributed by atoms with Crippen LogP contribution in [0.1, 0.15) is 5.56 Å². The van der Waals surface area contributed by atoms with E-state index in [0.29, 0.717) is 5.69 Å². The standard InChI is InChI=1S/C12H9F3N2/c1-6-2-3-17-12(11(6)16)7-4-8(13)10(15)9(14)5-7/h2-5H,16H2,1H3. The molecule has 2 nitrogen and oxygen atoms in total. The van der Waals surface area contributed by atoms with Gasteiger partial charge in [0.15, 0.2) is 17.5 Å². The molecule has 1 aromatic carbocycles. The minimum Gasteiger partial charge on any atom is -0.397 e. The van der Waals surface area contributed by atoms with Gasteiger partial charge >= 0.3 is 0 Å². The van der Waals surface area contributed by atoms with Gasteiger partial charge in [0, 0.05) is 11.8 Å². The first-order chi connectivity index (χ1) is 8.00. The average Bonchev–Trinajstić information content (AvgIpc) is 2.29. The molecule has 0 bridgehead atoms. The summed E-state index contributed by atoms with van der Waals surface area (Å²) < 4.78 is 39.0. The minimum atomic E-state index is -1.50. The lowest BCUT2D eigenvalue weighted by Gasteiger charge is -2.08. The molecule has 1 aromatic heterocycles. The predicted molar refractivity (Wildman–Crippen MR) is 58.7 cm³/mol. The zero-order valence-corrected chi connectivity index (χ0v) is 8.97. The Labute approximate surface area is 95.9 Å². The summed E-state index contributed by atoms with van der Waals surface area (Å²) >= 11 is 0. The van der Waals surface area contributed by atoms with E-state index in [9.17, 15) is 13.2 Å². The summed E-state index contributed by atoms with van der Waals surface area (Å²) in [5.74, 6) is -4.02. The highest BCUT2D eigenvalue weighted by atomic mass is 19.2. The van der Waals surface area contributed by atoms with Crippen molar-refractivity contribution in [1.29, 1.82) is 0 Å². The third-order valence-electron chi connectivity index (χ3n) is 2.47. The topological polar surface area (TPSA) is 38.9 Å². The number of rotatable bonds is 1. The molecule has 0 aliphatic heterocycles. The summed E-state index contributed by atoms with van der Waals surface area (Å²) in [4.78, 5) is 3.94. The van der Waals surface area contributed by atoms with E-state index in [1.54, 1.807) is 13.0 Å². The third kappa shape index (κ3) is 1.95. The highest BCUT2D eigenvalue weighted by molar-refractivity contribution is 5.74. The molecule has 2 N–H and O–H groups in total. The van der Waals surface area contributed by atoms with Crippen LogP contribution in [-0.2, 0) is 0 Å². The van der Waals surface area contributed by atoms with Gasteiger partial charge in [-0.2, -0.15) is 0 Å². The van der Waals surface area contributed by atoms with Crippen LogP contribution in [0.5, 0.6) is 0 Å². The van der Waals surface area contributed by atoms with Crippen LogP contribution in [0.4, 0.5) is 18.9 Å². The fourth-order valence-electron chi connectivity index (χ4n) is 1.49. The molecule has 0 radical (unpaired) electrons. The van der Waals surface area contributed by atoms with Crippen LogP contribution in [0.15, 0.2) is 24.4 Å². The van der Waals surface area contributed by atoms with Crippen LogP contribution in [0.2, 0.25) is 0 Å². The SMILES string of the molecule is Cc1ccnc(-c2cc(F)c(F)c(F)c2)c1N. The molecule has 17 heavy (non-hydrogen) atoms. The zero-order chi connectivity index (χ0) is 12.6. The number of halogens is 3. The minimum absolute atomic E-state index is 0.114. The second-order valence-corrected chi connectivity index (χ2v) is 3.64. The molecule has 0 saturated heterocycles. The summed E-state index contributed by atoms with van der Waals surface area (Å²) in [6.07, 6.45) is 1.47. The normalized spacial score (nSPS) is 10.6. The maximum absolute atomic E-state index is 13.1. The van der Waals surface area contributed by atoms with Crippen molar-refractivity contribution >= 4 is 5.69 Å². The molecular formula is C12H9F3N2. The molecule has 0 amide bonds. The Morgan fingerprint density at radius 1 is 1.12 bits per heavy atom. The van der Waals surface area contributed by atoms with Crippen LogP contribution in [0.25, 0.3) is 11.3 Å². The lowest BCUT2D eigenvalue weighted by atomic mass is 10.1. The van der Waals surface area contributed by atoms with Crippen molar-refractivity contribution in [1.82, 2.24) is 4.98 Å². The molecule has 88 valence electrons. The number of aromatic nitrogens is 1. The maximum atomic E-state index is 13.1. The fraction of sp³-hybridized carbons (Fsp3) is 0.0833. The van der Waals surface area contributed by atoms with E-state index in [2.05, 4.69) is 4.98 Å². The number of nitrogens with two attached hydrogens (primary N) is 1. The highest BCUT2D eigenvalue weighted by Gasteiger charge is 2.14. The number of hydrogen-bond acceptors (Lipinski definition) is 2. The van der Waals surface area contributed by atoms with E-state index in [1.807, 2.05) is 0 Å². The molecule has 0 spiro atoms. The largest absolute Gasteiger partial charge is 0.397 e. The molecule has 0 fully saturated rings. The first-order valence-corrected chi connectivity index (χ1v) is 4.86. The Morgan fingerprint density at radius 3 is 2.29 bits per heavy atom. The lowest BCUT2D eigenvalue weighted by molar-refractivity contribution is 0.447. The average molecular weight is 238 g/mol. The summed E-state index contributed by atoms with van der Waals surface area (Å²) in [5, 5.41) is 0. The molecule has 2 rings (SSSR count). The zero-order valence-electron chi connectivity index (χ0n) is 8.97. The Kier molecular flexibility index (Phi) is 2.75. The second kappa shape index (κ2) is 4.08. The molecule has 0 aliphatic carbocycles. The molecule has 1 heterocycles. The summed E-state index contributed by atoms with van der Waals surface area (Å²) in [7, 11) is 0. The predicted octanol–water partition coefficient (Wildman–Crippen LogP) is 3.06. The number of pyridine rings is 1. The fourth-order valence-corrected chi connectivity index (χ4v) is 1.49. The number of aryl methyl sites for hydroxylation is 1. The number of nitrogens with zero attached hydrogens (tertiary/aromatic N) is 1. The second-order valence-electron chi connectivity index (χ2n) is 3.64. The van der Waals surface area contributed by atoms with Crippen molar-refractivity contribution < 1.29 is 13.2 Å². The molecule has 2 aromatic rings. The summed E-state index contributed by atoms with van der Waals surface area (Å²) in [6, 6.07) is 3.42. The van der Waals surface area contributed by atoms with Crippen molar-refractivity contribution in [3.05, 3.63) is 47.4 Å². The van der Waals surface area contributed by atoms with Gasteiger partial charge in [0.2, 0.25) is 0 Å². The van der Waals surface area contributed by atoms with E-state index >= 15 is 0 Å². The van der Waals surface area contributed by atoms with Crippen molar-refractivity contribution in [3.63, 3.8) is 0 Å². The summed E-state index contributed by atoms with van der Waals surface area (Å²) in [6.45, 7) is 1.75. The smallest absolute Gasteiger partial charge is 0.194 e.